The Hall–Kier alpha value is -1.34. The van der Waals surface area contributed by atoms with Crippen LogP contribution in [0.4, 0.5) is 0 Å². The van der Waals surface area contributed by atoms with Crippen molar-refractivity contribution in [2.45, 2.75) is 0 Å². The van der Waals surface area contributed by atoms with E-state index >= 15 is 0 Å². The van der Waals surface area contributed by atoms with Gasteiger partial charge in [0.05, 0.1) is 26.4 Å². The van der Waals surface area contributed by atoms with Crippen LogP contribution in [0.1, 0.15) is 0 Å². The monoisotopic (exact) mass is 372 g/mol. The molecule has 1 aliphatic carbocycles. The van der Waals surface area contributed by atoms with Crippen LogP contribution in [0.3, 0.4) is 0 Å². The second kappa shape index (κ2) is 7.70. The Bertz CT molecular complexity index is 630. The Morgan fingerprint density at radius 1 is 0.833 bits per heavy atom. The molecule has 0 aromatic heterocycles. The van der Waals surface area contributed by atoms with Crippen LogP contribution >= 0.6 is 23.2 Å². The summed E-state index contributed by atoms with van der Waals surface area (Å²) in [5.74, 6) is -0.836. The molecule has 2 aliphatic heterocycles. The number of carbonyl (C=O) groups is 2. The van der Waals surface area contributed by atoms with Crippen molar-refractivity contribution in [1.29, 1.82) is 0 Å². The van der Waals surface area contributed by atoms with E-state index in [-0.39, 0.29) is 21.3 Å². The van der Waals surface area contributed by atoms with Crippen molar-refractivity contribution >= 4 is 34.8 Å². The van der Waals surface area contributed by atoms with Crippen LogP contribution in [-0.4, -0.2) is 74.0 Å². The van der Waals surface area contributed by atoms with E-state index in [1.165, 1.54) is 0 Å². The minimum atomic E-state index is -0.424. The summed E-state index contributed by atoms with van der Waals surface area (Å²) in [6, 6.07) is 0. The summed E-state index contributed by atoms with van der Waals surface area (Å²) >= 11 is 12.4. The fraction of sp³-hybridized carbons (Fsp3) is 0.500. The average Bonchev–Trinajstić information content (AvgIpc) is 2.62. The lowest BCUT2D eigenvalue weighted by Gasteiger charge is -2.32. The number of Topliss-reactive ketones (excluding diaryl/α,β-unsaturated/α-hetero) is 2. The highest BCUT2D eigenvalue weighted by Gasteiger charge is 2.35. The second-order valence-electron chi connectivity index (χ2n) is 5.61. The fourth-order valence-corrected chi connectivity index (χ4v) is 3.32. The molecule has 130 valence electrons. The van der Waals surface area contributed by atoms with Crippen molar-refractivity contribution in [3.63, 3.8) is 0 Å². The molecule has 2 fully saturated rings. The zero-order chi connectivity index (χ0) is 17.1. The number of carbonyl (C=O) groups excluding carboxylic acids is 2. The number of morpholine rings is 2. The van der Waals surface area contributed by atoms with E-state index in [0.717, 1.165) is 13.1 Å². The first kappa shape index (κ1) is 17.5. The maximum Gasteiger partial charge on any atom is 0.222 e. The van der Waals surface area contributed by atoms with Gasteiger partial charge >= 0.3 is 0 Å². The highest BCUT2D eigenvalue weighted by atomic mass is 35.5. The van der Waals surface area contributed by atoms with Crippen molar-refractivity contribution in [3.05, 3.63) is 33.6 Å². The summed E-state index contributed by atoms with van der Waals surface area (Å²) < 4.78 is 10.5. The molecule has 24 heavy (non-hydrogen) atoms. The van der Waals surface area contributed by atoms with Crippen molar-refractivity contribution in [3.8, 4) is 0 Å². The van der Waals surface area contributed by atoms with Gasteiger partial charge in [0.2, 0.25) is 11.6 Å². The van der Waals surface area contributed by atoms with Crippen LogP contribution in [0.15, 0.2) is 33.6 Å². The molecular formula is C16H18Cl2N2O4. The van der Waals surface area contributed by atoms with E-state index in [0.29, 0.717) is 39.5 Å². The molecule has 0 unspecified atom stereocenters. The predicted octanol–water partition coefficient (Wildman–Crippen LogP) is 1.26. The highest BCUT2D eigenvalue weighted by Crippen LogP contribution is 2.32. The van der Waals surface area contributed by atoms with Gasteiger partial charge < -0.3 is 19.3 Å². The van der Waals surface area contributed by atoms with Crippen molar-refractivity contribution in [2.75, 3.05) is 52.6 Å². The third kappa shape index (κ3) is 3.52. The summed E-state index contributed by atoms with van der Waals surface area (Å²) in [6.07, 6.45) is 3.32. The zero-order valence-electron chi connectivity index (χ0n) is 13.1. The Balaban J connectivity index is 1.82. The SMILES string of the molecule is O=C1C(Cl)=C(N2CCOCC2)C(=O)C(Cl)=C1/C=C/N1CCOCC1. The molecule has 0 N–H and O–H groups in total. The Kier molecular flexibility index (Phi) is 5.61. The van der Waals surface area contributed by atoms with Gasteiger partial charge in [-0.1, -0.05) is 23.2 Å². The van der Waals surface area contributed by atoms with Crippen LogP contribution in [0.25, 0.3) is 0 Å². The van der Waals surface area contributed by atoms with Gasteiger partial charge in [-0.2, -0.15) is 0 Å². The Morgan fingerprint density at radius 2 is 1.42 bits per heavy atom. The molecule has 2 heterocycles. The topological polar surface area (TPSA) is 59.1 Å². The lowest BCUT2D eigenvalue weighted by Crippen LogP contribution is -2.40. The summed E-state index contributed by atoms with van der Waals surface area (Å²) in [5.41, 5.74) is 0.314. The highest BCUT2D eigenvalue weighted by molar-refractivity contribution is 6.56. The van der Waals surface area contributed by atoms with E-state index in [2.05, 4.69) is 0 Å². The minimum Gasteiger partial charge on any atom is -0.378 e. The molecular weight excluding hydrogens is 355 g/mol. The molecule has 0 bridgehead atoms. The van der Waals surface area contributed by atoms with Gasteiger partial charge in [0.25, 0.3) is 0 Å². The third-order valence-electron chi connectivity index (χ3n) is 4.13. The van der Waals surface area contributed by atoms with Crippen LogP contribution in [-0.2, 0) is 19.1 Å². The second-order valence-corrected chi connectivity index (χ2v) is 6.37. The number of hydrogen-bond acceptors (Lipinski definition) is 6. The number of nitrogens with zero attached hydrogens (tertiary/aromatic N) is 2. The standard InChI is InChI=1S/C16H18Cl2N2O4/c17-12-11(1-2-19-3-7-23-8-4-19)15(21)13(18)14(16(12)22)20-5-9-24-10-6-20/h1-2H,3-10H2/b2-1+. The Labute approximate surface area is 150 Å². The fourth-order valence-electron chi connectivity index (χ4n) is 2.78. The number of halogens is 2. The molecule has 0 atom stereocenters. The normalized spacial score (nSPS) is 23.8. The Morgan fingerprint density at radius 3 is 2.04 bits per heavy atom. The largest absolute Gasteiger partial charge is 0.378 e. The first-order chi connectivity index (χ1) is 11.6. The summed E-state index contributed by atoms with van der Waals surface area (Å²) in [7, 11) is 0. The van der Waals surface area contributed by atoms with Crippen LogP contribution < -0.4 is 0 Å². The average molecular weight is 373 g/mol. The van der Waals surface area contributed by atoms with Crippen molar-refractivity contribution in [1.82, 2.24) is 9.80 Å². The molecule has 0 amide bonds. The van der Waals surface area contributed by atoms with Crippen molar-refractivity contribution in [2.24, 2.45) is 0 Å². The van der Waals surface area contributed by atoms with Gasteiger partial charge in [0, 0.05) is 31.8 Å². The van der Waals surface area contributed by atoms with Gasteiger partial charge in [-0.25, -0.2) is 0 Å². The smallest absolute Gasteiger partial charge is 0.222 e. The molecule has 3 rings (SSSR count). The molecule has 0 spiro atoms. The molecule has 3 aliphatic rings. The summed E-state index contributed by atoms with van der Waals surface area (Å²) in [6.45, 7) is 4.71. The van der Waals surface area contributed by atoms with E-state index in [1.807, 2.05) is 4.90 Å². The van der Waals surface area contributed by atoms with Crippen molar-refractivity contribution < 1.29 is 19.1 Å². The number of ether oxygens (including phenoxy) is 2. The molecule has 0 aromatic carbocycles. The maximum atomic E-state index is 12.6. The van der Waals surface area contributed by atoms with E-state index in [9.17, 15) is 9.59 Å². The van der Waals surface area contributed by atoms with Crippen LogP contribution in [0.2, 0.25) is 0 Å². The molecule has 8 heteroatoms. The molecule has 0 aromatic rings. The first-order valence-electron chi connectivity index (χ1n) is 7.81. The quantitative estimate of drug-likeness (QED) is 0.695. The maximum absolute atomic E-state index is 12.6. The number of rotatable bonds is 3. The molecule has 0 radical (unpaired) electrons. The van der Waals surface area contributed by atoms with E-state index < -0.39 is 11.6 Å². The number of hydrogen-bond donors (Lipinski definition) is 0. The summed E-state index contributed by atoms with van der Waals surface area (Å²) in [5, 5.41) is -0.164. The minimum absolute atomic E-state index is 0.0760. The van der Waals surface area contributed by atoms with Crippen LogP contribution in [0, 0.1) is 0 Å². The molecule has 6 nitrogen and oxygen atoms in total. The van der Waals surface area contributed by atoms with Gasteiger partial charge in [-0.15, -0.1) is 0 Å². The number of allylic oxidation sites excluding steroid dienone is 4. The molecule has 0 saturated carbocycles. The predicted molar refractivity (Wildman–Crippen MR) is 89.7 cm³/mol. The zero-order valence-corrected chi connectivity index (χ0v) is 14.6. The van der Waals surface area contributed by atoms with Gasteiger partial charge in [-0.3, -0.25) is 9.59 Å². The van der Waals surface area contributed by atoms with E-state index in [1.54, 1.807) is 17.2 Å². The number of ketones is 2. The van der Waals surface area contributed by atoms with Gasteiger partial charge in [0.15, 0.2) is 0 Å². The lowest BCUT2D eigenvalue weighted by atomic mass is 9.99. The first-order valence-corrected chi connectivity index (χ1v) is 8.57. The third-order valence-corrected chi connectivity index (χ3v) is 4.85. The summed E-state index contributed by atoms with van der Waals surface area (Å²) in [4.78, 5) is 28.9. The molecule has 2 saturated heterocycles. The van der Waals surface area contributed by atoms with Gasteiger partial charge in [-0.05, 0) is 12.3 Å². The van der Waals surface area contributed by atoms with Crippen LogP contribution in [0.5, 0.6) is 0 Å². The lowest BCUT2D eigenvalue weighted by molar-refractivity contribution is -0.117. The van der Waals surface area contributed by atoms with E-state index in [4.69, 9.17) is 32.7 Å². The van der Waals surface area contributed by atoms with Gasteiger partial charge in [0.1, 0.15) is 15.8 Å².